The fraction of sp³-hybridized carbons (Fsp3) is 0.800. The first-order valence-corrected chi connectivity index (χ1v) is 11.8. The molecule has 0 spiro atoms. The van der Waals surface area contributed by atoms with E-state index in [0.717, 1.165) is 0 Å². The Bertz CT molecular complexity index is 870. The molecule has 4 aliphatic rings. The molecule has 0 bridgehead atoms. The topological polar surface area (TPSA) is 94.8 Å². The molecule has 4 aliphatic carbocycles. The number of fused-ring (bicyclic) bond motifs is 5. The molecule has 0 aromatic heterocycles. The molecule has 0 aromatic rings. The largest absolute Gasteiger partial charge is 0.390 e. The third kappa shape index (κ3) is 2.59. The molecular formula is C25H35F2O5. The lowest BCUT2D eigenvalue weighted by Crippen LogP contribution is -2.71. The molecule has 0 saturated heterocycles. The van der Waals surface area contributed by atoms with Crippen molar-refractivity contribution in [3.63, 3.8) is 0 Å². The lowest BCUT2D eigenvalue weighted by Gasteiger charge is -2.65. The van der Waals surface area contributed by atoms with Gasteiger partial charge in [0, 0.05) is 31.1 Å². The van der Waals surface area contributed by atoms with Crippen LogP contribution in [0.3, 0.4) is 0 Å². The van der Waals surface area contributed by atoms with Crippen LogP contribution in [-0.2, 0) is 9.59 Å². The van der Waals surface area contributed by atoms with Gasteiger partial charge in [-0.1, -0.05) is 27.2 Å². The van der Waals surface area contributed by atoms with Gasteiger partial charge in [-0.25, -0.2) is 8.78 Å². The highest BCUT2D eigenvalue weighted by molar-refractivity contribution is 5.92. The number of ketones is 2. The lowest BCUT2D eigenvalue weighted by atomic mass is 9.41. The number of aliphatic hydroxyl groups excluding tert-OH is 1. The Hall–Kier alpha value is -1.18. The molecule has 3 saturated carbocycles. The Labute approximate surface area is 188 Å². The van der Waals surface area contributed by atoms with Crippen LogP contribution in [0.1, 0.15) is 72.1 Å². The van der Waals surface area contributed by atoms with Gasteiger partial charge in [-0.2, -0.15) is 0 Å². The van der Waals surface area contributed by atoms with E-state index in [1.165, 1.54) is 6.08 Å². The van der Waals surface area contributed by atoms with Crippen molar-refractivity contribution >= 4 is 11.6 Å². The number of alkyl halides is 2. The van der Waals surface area contributed by atoms with E-state index in [9.17, 15) is 24.9 Å². The number of hydrogen-bond donors (Lipinski definition) is 3. The normalized spacial score (nSPS) is 48.5. The van der Waals surface area contributed by atoms with E-state index in [1.807, 2.05) is 0 Å². The van der Waals surface area contributed by atoms with E-state index in [0.29, 0.717) is 12.8 Å². The first-order chi connectivity index (χ1) is 14.7. The molecule has 179 valence electrons. The average molecular weight is 454 g/mol. The van der Waals surface area contributed by atoms with Gasteiger partial charge >= 0.3 is 0 Å². The highest BCUT2D eigenvalue weighted by atomic mass is 19.1. The summed E-state index contributed by atoms with van der Waals surface area (Å²) >= 11 is 0. The van der Waals surface area contributed by atoms with E-state index in [1.54, 1.807) is 20.8 Å². The van der Waals surface area contributed by atoms with Gasteiger partial charge < -0.3 is 15.3 Å². The maximum absolute atomic E-state index is 17.1. The quantitative estimate of drug-likeness (QED) is 0.567. The molecule has 0 aliphatic heterocycles. The Morgan fingerprint density at radius 2 is 1.94 bits per heavy atom. The number of hydrogen-bond acceptors (Lipinski definition) is 5. The number of carbonyl (C=O) groups excluding carboxylic acids is 2. The summed E-state index contributed by atoms with van der Waals surface area (Å²) in [6.07, 6.45) is -1.25. The third-order valence-corrected chi connectivity index (χ3v) is 9.98. The molecule has 8 atom stereocenters. The second-order valence-corrected chi connectivity index (χ2v) is 11.2. The number of Topliss-reactive ketones (excluding diaryl/α,β-unsaturated/α-hetero) is 1. The fourth-order valence-electron chi connectivity index (χ4n) is 8.49. The summed E-state index contributed by atoms with van der Waals surface area (Å²) in [5.41, 5.74) is -6.22. The van der Waals surface area contributed by atoms with Crippen LogP contribution in [0, 0.1) is 35.0 Å². The SMILES string of the molecule is [CH2]C(=O)[C@@]1(C(O)(O)CCC)CC[C@H]2[C@@H]3CC(F)C4=CC(=O)CC[C@]4(C)[C@@]3(F)C(O)C[C@@]21C. The van der Waals surface area contributed by atoms with E-state index >= 15 is 8.78 Å². The molecule has 4 rings (SSSR count). The molecule has 2 unspecified atom stereocenters. The molecule has 0 amide bonds. The number of halogens is 2. The Morgan fingerprint density at radius 3 is 2.53 bits per heavy atom. The van der Waals surface area contributed by atoms with Gasteiger partial charge in [0.2, 0.25) is 0 Å². The molecular weight excluding hydrogens is 418 g/mol. The zero-order valence-electron chi connectivity index (χ0n) is 19.2. The van der Waals surface area contributed by atoms with Crippen LogP contribution < -0.4 is 0 Å². The minimum atomic E-state index is -2.36. The Kier molecular flexibility index (Phi) is 5.36. The van der Waals surface area contributed by atoms with Crippen LogP contribution in [0.5, 0.6) is 0 Å². The van der Waals surface area contributed by atoms with Gasteiger partial charge in [-0.15, -0.1) is 0 Å². The maximum atomic E-state index is 17.1. The third-order valence-electron chi connectivity index (χ3n) is 9.98. The molecule has 3 fully saturated rings. The number of allylic oxidation sites excluding steroid dienone is 1. The fourth-order valence-corrected chi connectivity index (χ4v) is 8.49. The van der Waals surface area contributed by atoms with Crippen molar-refractivity contribution in [2.75, 3.05) is 0 Å². The van der Waals surface area contributed by atoms with Crippen molar-refractivity contribution in [1.29, 1.82) is 0 Å². The number of rotatable bonds is 4. The van der Waals surface area contributed by atoms with Crippen LogP contribution in [0.4, 0.5) is 8.78 Å². The Balaban J connectivity index is 1.87. The summed E-state index contributed by atoms with van der Waals surface area (Å²) < 4.78 is 32.6. The summed E-state index contributed by atoms with van der Waals surface area (Å²) in [6, 6.07) is 0. The summed E-state index contributed by atoms with van der Waals surface area (Å²) in [5, 5.41) is 33.5. The van der Waals surface area contributed by atoms with Crippen molar-refractivity contribution in [2.24, 2.45) is 28.1 Å². The van der Waals surface area contributed by atoms with E-state index < -0.39 is 57.6 Å². The molecule has 5 nitrogen and oxygen atoms in total. The highest BCUT2D eigenvalue weighted by Crippen LogP contribution is 2.74. The number of aliphatic hydroxyl groups is 3. The van der Waals surface area contributed by atoms with Crippen molar-refractivity contribution in [1.82, 2.24) is 0 Å². The van der Waals surface area contributed by atoms with E-state index in [-0.39, 0.29) is 49.9 Å². The Morgan fingerprint density at radius 1 is 1.28 bits per heavy atom. The summed E-state index contributed by atoms with van der Waals surface area (Å²) in [4.78, 5) is 24.9. The van der Waals surface area contributed by atoms with E-state index in [2.05, 4.69) is 6.92 Å². The van der Waals surface area contributed by atoms with Crippen LogP contribution in [0.2, 0.25) is 0 Å². The van der Waals surface area contributed by atoms with Gasteiger partial charge in [0.1, 0.15) is 17.6 Å². The van der Waals surface area contributed by atoms with Crippen molar-refractivity contribution in [3.8, 4) is 0 Å². The zero-order chi connectivity index (χ0) is 23.9. The molecule has 1 radical (unpaired) electrons. The summed E-state index contributed by atoms with van der Waals surface area (Å²) in [6.45, 7) is 8.65. The summed E-state index contributed by atoms with van der Waals surface area (Å²) in [7, 11) is 0. The summed E-state index contributed by atoms with van der Waals surface area (Å²) in [5.74, 6) is -4.69. The van der Waals surface area contributed by atoms with Crippen molar-refractivity contribution in [3.05, 3.63) is 18.6 Å². The molecule has 3 N–H and O–H groups in total. The van der Waals surface area contributed by atoms with Gasteiger partial charge in [-0.3, -0.25) is 9.59 Å². The van der Waals surface area contributed by atoms with Gasteiger partial charge in [0.15, 0.2) is 11.6 Å². The minimum absolute atomic E-state index is 0.0590. The van der Waals surface area contributed by atoms with E-state index in [4.69, 9.17) is 0 Å². The van der Waals surface area contributed by atoms with Crippen LogP contribution in [0.25, 0.3) is 0 Å². The van der Waals surface area contributed by atoms with Crippen molar-refractivity contribution < 1.29 is 33.7 Å². The predicted octanol–water partition coefficient (Wildman–Crippen LogP) is 3.40. The first kappa shape index (κ1) is 24.0. The second-order valence-electron chi connectivity index (χ2n) is 11.2. The lowest BCUT2D eigenvalue weighted by molar-refractivity contribution is -0.290. The smallest absolute Gasteiger partial charge is 0.175 e. The molecule has 32 heavy (non-hydrogen) atoms. The van der Waals surface area contributed by atoms with Gasteiger partial charge in [-0.05, 0) is 55.1 Å². The maximum Gasteiger partial charge on any atom is 0.175 e. The van der Waals surface area contributed by atoms with Gasteiger partial charge in [0.25, 0.3) is 0 Å². The first-order valence-electron chi connectivity index (χ1n) is 11.8. The minimum Gasteiger partial charge on any atom is -0.390 e. The second kappa shape index (κ2) is 7.16. The molecule has 0 heterocycles. The van der Waals surface area contributed by atoms with Crippen LogP contribution in [-0.4, -0.2) is 50.6 Å². The van der Waals surface area contributed by atoms with Crippen LogP contribution >= 0.6 is 0 Å². The monoisotopic (exact) mass is 453 g/mol. The molecule has 0 aromatic carbocycles. The standard InChI is InChI=1S/C25H35F2O5/c1-5-8-24(31,32)23(14(2)28)10-7-16-17-12-19(26)18-11-15(29)6-9-21(18,3)25(17,27)20(30)13-22(16,23)4/h11,16-17,19-20,30-32H,2,5-10,12-13H2,1,3-4H3/t16-,17-,19?,20?,21-,22-,23-,25-/m0/s1. The van der Waals surface area contributed by atoms with Crippen molar-refractivity contribution in [2.45, 2.75) is 95.9 Å². The highest BCUT2D eigenvalue weighted by Gasteiger charge is 2.78. The molecule has 7 heteroatoms. The predicted molar refractivity (Wildman–Crippen MR) is 114 cm³/mol. The van der Waals surface area contributed by atoms with Crippen LogP contribution in [0.15, 0.2) is 11.6 Å². The number of carbonyl (C=O) groups is 2. The average Bonchev–Trinajstić information content (AvgIpc) is 3.00. The van der Waals surface area contributed by atoms with Gasteiger partial charge in [0.05, 0.1) is 11.5 Å². The zero-order valence-corrected chi connectivity index (χ0v) is 19.2.